The van der Waals surface area contributed by atoms with Gasteiger partial charge in [-0.15, -0.1) is 0 Å². The molecular formula is C12H16ClN3OS. The number of anilines is 1. The van der Waals surface area contributed by atoms with Crippen LogP contribution in [0.3, 0.4) is 0 Å². The molecule has 0 atom stereocenters. The number of rotatable bonds is 5. The van der Waals surface area contributed by atoms with Gasteiger partial charge in [-0.2, -0.15) is 0 Å². The van der Waals surface area contributed by atoms with Gasteiger partial charge in [0.1, 0.15) is 0 Å². The van der Waals surface area contributed by atoms with Gasteiger partial charge < -0.3 is 16.0 Å². The molecule has 0 aliphatic rings. The smallest absolute Gasteiger partial charge is 0.322 e. The summed E-state index contributed by atoms with van der Waals surface area (Å²) in [5.74, 6) is 0. The molecule has 0 unspecified atom stereocenters. The van der Waals surface area contributed by atoms with Gasteiger partial charge in [0.2, 0.25) is 0 Å². The van der Waals surface area contributed by atoms with E-state index in [0.717, 1.165) is 6.42 Å². The summed E-state index contributed by atoms with van der Waals surface area (Å²) in [7, 11) is 0. The minimum atomic E-state index is -0.216. The number of hydrogen-bond acceptors (Lipinski definition) is 2. The molecule has 1 rings (SSSR count). The third kappa shape index (κ3) is 4.89. The van der Waals surface area contributed by atoms with Crippen LogP contribution in [0, 0.1) is 0 Å². The number of thiocarbonyl (C=S) groups is 1. The highest BCUT2D eigenvalue weighted by Gasteiger charge is 2.13. The van der Waals surface area contributed by atoms with Crippen molar-refractivity contribution in [1.29, 1.82) is 0 Å². The quantitative estimate of drug-likeness (QED) is 0.818. The highest BCUT2D eigenvalue weighted by molar-refractivity contribution is 7.80. The fourth-order valence-corrected chi connectivity index (χ4v) is 1.73. The molecule has 0 saturated heterocycles. The second-order valence-electron chi connectivity index (χ2n) is 3.82. The van der Waals surface area contributed by atoms with Crippen molar-refractivity contribution in [2.24, 2.45) is 5.73 Å². The van der Waals surface area contributed by atoms with Crippen LogP contribution < -0.4 is 11.1 Å². The summed E-state index contributed by atoms with van der Waals surface area (Å²) in [4.78, 5) is 13.9. The lowest BCUT2D eigenvalue weighted by Gasteiger charge is -2.21. The van der Waals surface area contributed by atoms with Gasteiger partial charge in [-0.1, -0.05) is 30.7 Å². The lowest BCUT2D eigenvalue weighted by atomic mass is 10.3. The molecule has 1 aromatic carbocycles. The number of carbonyl (C=O) groups is 1. The Balaban J connectivity index is 2.65. The second-order valence-corrected chi connectivity index (χ2v) is 4.79. The Bertz CT molecular complexity index is 422. The molecule has 0 spiro atoms. The predicted octanol–water partition coefficient (Wildman–Crippen LogP) is 2.87. The standard InChI is InChI=1S/C12H16ClN3OS/c1-2-7-16(8-11(14)18)12(17)15-10-5-3-9(13)4-6-10/h3-6H,2,7-8H2,1H3,(H2,14,18)(H,15,17). The first-order valence-corrected chi connectivity index (χ1v) is 6.41. The van der Waals surface area contributed by atoms with Gasteiger partial charge >= 0.3 is 6.03 Å². The van der Waals surface area contributed by atoms with Crippen molar-refractivity contribution in [3.63, 3.8) is 0 Å². The average molecular weight is 286 g/mol. The first-order chi connectivity index (χ1) is 8.52. The van der Waals surface area contributed by atoms with E-state index in [9.17, 15) is 4.79 Å². The van der Waals surface area contributed by atoms with Gasteiger partial charge in [0, 0.05) is 17.3 Å². The molecule has 0 aromatic heterocycles. The number of nitrogens with one attached hydrogen (secondary N) is 1. The lowest BCUT2D eigenvalue weighted by molar-refractivity contribution is 0.219. The minimum absolute atomic E-state index is 0.216. The van der Waals surface area contributed by atoms with Gasteiger partial charge in [0.05, 0.1) is 11.5 Å². The Labute approximate surface area is 117 Å². The maximum absolute atomic E-state index is 12.0. The van der Waals surface area contributed by atoms with Gasteiger partial charge in [-0.05, 0) is 30.7 Å². The van der Waals surface area contributed by atoms with Crippen LogP contribution in [-0.2, 0) is 0 Å². The SMILES string of the molecule is CCCN(CC(N)=S)C(=O)Nc1ccc(Cl)cc1. The molecule has 0 fully saturated rings. The van der Waals surface area contributed by atoms with Crippen molar-refractivity contribution < 1.29 is 4.79 Å². The zero-order valence-corrected chi connectivity index (χ0v) is 11.7. The molecule has 2 amide bonds. The molecule has 6 heteroatoms. The first kappa shape index (κ1) is 14.7. The van der Waals surface area contributed by atoms with Gasteiger partial charge in [-0.25, -0.2) is 4.79 Å². The van der Waals surface area contributed by atoms with Crippen molar-refractivity contribution >= 4 is 40.5 Å². The van der Waals surface area contributed by atoms with Gasteiger partial charge in [0.25, 0.3) is 0 Å². The van der Waals surface area contributed by atoms with E-state index in [1.54, 1.807) is 29.2 Å². The summed E-state index contributed by atoms with van der Waals surface area (Å²) in [5, 5.41) is 3.40. The topological polar surface area (TPSA) is 58.4 Å². The molecule has 98 valence electrons. The third-order valence-corrected chi connectivity index (χ3v) is 2.60. The molecular weight excluding hydrogens is 270 g/mol. The number of benzene rings is 1. The highest BCUT2D eigenvalue weighted by Crippen LogP contribution is 2.13. The van der Waals surface area contributed by atoms with Crippen LogP contribution in [0.5, 0.6) is 0 Å². The number of amides is 2. The average Bonchev–Trinajstić information content (AvgIpc) is 2.31. The second kappa shape index (κ2) is 7.18. The van der Waals surface area contributed by atoms with Crippen LogP contribution in [0.25, 0.3) is 0 Å². The Morgan fingerprint density at radius 2 is 2.06 bits per heavy atom. The Kier molecular flexibility index (Phi) is 5.88. The largest absolute Gasteiger partial charge is 0.392 e. The molecule has 0 radical (unpaired) electrons. The zero-order chi connectivity index (χ0) is 13.5. The number of urea groups is 1. The molecule has 0 saturated carbocycles. The number of halogens is 1. The Morgan fingerprint density at radius 3 is 2.56 bits per heavy atom. The first-order valence-electron chi connectivity index (χ1n) is 5.62. The predicted molar refractivity (Wildman–Crippen MR) is 79.1 cm³/mol. The van der Waals surface area contributed by atoms with Crippen molar-refractivity contribution in [2.75, 3.05) is 18.4 Å². The highest BCUT2D eigenvalue weighted by atomic mass is 35.5. The fraction of sp³-hybridized carbons (Fsp3) is 0.333. The van der Waals surface area contributed by atoms with Gasteiger partial charge in [0.15, 0.2) is 0 Å². The third-order valence-electron chi connectivity index (χ3n) is 2.22. The van der Waals surface area contributed by atoms with E-state index in [0.29, 0.717) is 22.2 Å². The molecule has 4 nitrogen and oxygen atoms in total. The zero-order valence-electron chi connectivity index (χ0n) is 10.1. The van der Waals surface area contributed by atoms with Gasteiger partial charge in [-0.3, -0.25) is 0 Å². The fourth-order valence-electron chi connectivity index (χ4n) is 1.45. The van der Waals surface area contributed by atoms with Crippen LogP contribution in [0.4, 0.5) is 10.5 Å². The summed E-state index contributed by atoms with van der Waals surface area (Å²) in [6.07, 6.45) is 0.844. The Morgan fingerprint density at radius 1 is 1.44 bits per heavy atom. The minimum Gasteiger partial charge on any atom is -0.392 e. The van der Waals surface area contributed by atoms with Crippen molar-refractivity contribution in [2.45, 2.75) is 13.3 Å². The van der Waals surface area contributed by atoms with Crippen molar-refractivity contribution in [3.05, 3.63) is 29.3 Å². The summed E-state index contributed by atoms with van der Waals surface area (Å²) in [5.41, 5.74) is 6.16. The molecule has 0 heterocycles. The number of nitrogens with zero attached hydrogens (tertiary/aromatic N) is 1. The molecule has 1 aromatic rings. The maximum atomic E-state index is 12.0. The molecule has 18 heavy (non-hydrogen) atoms. The normalized spacial score (nSPS) is 9.89. The van der Waals surface area contributed by atoms with Crippen molar-refractivity contribution in [1.82, 2.24) is 4.90 Å². The molecule has 0 aliphatic heterocycles. The van der Waals surface area contributed by atoms with Crippen LogP contribution in [0.1, 0.15) is 13.3 Å². The lowest BCUT2D eigenvalue weighted by Crippen LogP contribution is -2.40. The van der Waals surface area contributed by atoms with Crippen LogP contribution >= 0.6 is 23.8 Å². The van der Waals surface area contributed by atoms with E-state index < -0.39 is 0 Å². The number of carbonyl (C=O) groups excluding carboxylic acids is 1. The van der Waals surface area contributed by atoms with Crippen molar-refractivity contribution in [3.8, 4) is 0 Å². The van der Waals surface area contributed by atoms with E-state index in [2.05, 4.69) is 5.32 Å². The van der Waals surface area contributed by atoms with E-state index in [1.807, 2.05) is 6.92 Å². The monoisotopic (exact) mass is 285 g/mol. The summed E-state index contributed by atoms with van der Waals surface area (Å²) in [6.45, 7) is 2.88. The summed E-state index contributed by atoms with van der Waals surface area (Å²) >= 11 is 10.6. The van der Waals surface area contributed by atoms with E-state index >= 15 is 0 Å². The van der Waals surface area contributed by atoms with Crippen LogP contribution in [-0.4, -0.2) is 29.0 Å². The number of nitrogens with two attached hydrogens (primary N) is 1. The van der Waals surface area contributed by atoms with Crippen LogP contribution in [0.15, 0.2) is 24.3 Å². The summed E-state index contributed by atoms with van der Waals surface area (Å²) in [6, 6.07) is 6.70. The summed E-state index contributed by atoms with van der Waals surface area (Å²) < 4.78 is 0. The molecule has 3 N–H and O–H groups in total. The van der Waals surface area contributed by atoms with Crippen LogP contribution in [0.2, 0.25) is 5.02 Å². The van der Waals surface area contributed by atoms with E-state index in [4.69, 9.17) is 29.6 Å². The maximum Gasteiger partial charge on any atom is 0.322 e. The number of hydrogen-bond donors (Lipinski definition) is 2. The molecule has 0 aliphatic carbocycles. The Hall–Kier alpha value is -1.33. The van der Waals surface area contributed by atoms with E-state index in [1.165, 1.54) is 0 Å². The molecule has 0 bridgehead atoms. The van der Waals surface area contributed by atoms with E-state index in [-0.39, 0.29) is 12.6 Å².